The number of carbonyl (C=O) groups is 1. The molecule has 1 unspecified atom stereocenters. The van der Waals surface area contributed by atoms with E-state index in [1.165, 1.54) is 17.8 Å². The molecule has 0 saturated carbocycles. The van der Waals surface area contributed by atoms with Crippen molar-refractivity contribution < 1.29 is 18.7 Å². The minimum atomic E-state index is -0.679. The van der Waals surface area contributed by atoms with Gasteiger partial charge in [0.25, 0.3) is 5.56 Å². The lowest BCUT2D eigenvalue weighted by Crippen LogP contribution is -2.39. The summed E-state index contributed by atoms with van der Waals surface area (Å²) in [6.45, 7) is 9.75. The lowest BCUT2D eigenvalue weighted by Gasteiger charge is -2.25. The molecule has 2 aromatic heterocycles. The highest BCUT2D eigenvalue weighted by atomic mass is 32.1. The summed E-state index contributed by atoms with van der Waals surface area (Å²) < 4.78 is 19.1. The topological polar surface area (TPSA) is 86.3 Å². The number of nitrogens with zero attached hydrogens (tertiary/aromatic N) is 3. The van der Waals surface area contributed by atoms with Gasteiger partial charge in [-0.3, -0.25) is 9.36 Å². The van der Waals surface area contributed by atoms with Crippen molar-refractivity contribution in [3.8, 4) is 5.75 Å². The van der Waals surface area contributed by atoms with Gasteiger partial charge < -0.3 is 18.8 Å². The maximum atomic E-state index is 13.8. The Kier molecular flexibility index (Phi) is 7.64. The second kappa shape index (κ2) is 11.3. The predicted octanol–water partition coefficient (Wildman–Crippen LogP) is 3.95. The van der Waals surface area contributed by atoms with Crippen LogP contribution in [0.25, 0.3) is 6.08 Å². The van der Waals surface area contributed by atoms with Crippen LogP contribution in [0.5, 0.6) is 5.75 Å². The molecule has 5 rings (SSSR count). The van der Waals surface area contributed by atoms with Crippen LogP contribution < -0.4 is 24.5 Å². The molecule has 0 bridgehead atoms. The molecule has 1 atom stereocenters. The number of furan rings is 1. The smallest absolute Gasteiger partial charge is 0.338 e. The summed E-state index contributed by atoms with van der Waals surface area (Å²) in [5.41, 5.74) is 1.39. The third kappa shape index (κ3) is 5.11. The summed E-state index contributed by atoms with van der Waals surface area (Å²) >= 11 is 1.28. The molecule has 0 N–H and O–H groups in total. The number of aromatic nitrogens is 1. The van der Waals surface area contributed by atoms with E-state index in [0.717, 1.165) is 37.4 Å². The van der Waals surface area contributed by atoms with Crippen LogP contribution in [0.3, 0.4) is 0 Å². The van der Waals surface area contributed by atoms with E-state index in [-0.39, 0.29) is 12.2 Å². The molecule has 2 aliphatic rings. The van der Waals surface area contributed by atoms with Crippen molar-refractivity contribution >= 4 is 29.3 Å². The lowest BCUT2D eigenvalue weighted by molar-refractivity contribution is -0.139. The summed E-state index contributed by atoms with van der Waals surface area (Å²) in [5.74, 6) is 1.61. The number of piperidine rings is 1. The highest BCUT2D eigenvalue weighted by molar-refractivity contribution is 7.07. The number of rotatable bonds is 8. The molecule has 0 amide bonds. The average Bonchev–Trinajstić information content (AvgIpc) is 3.52. The van der Waals surface area contributed by atoms with Crippen molar-refractivity contribution in [1.29, 1.82) is 0 Å². The van der Waals surface area contributed by atoms with E-state index >= 15 is 0 Å². The molecule has 1 saturated heterocycles. The maximum Gasteiger partial charge on any atom is 0.338 e. The van der Waals surface area contributed by atoms with Gasteiger partial charge in [0.1, 0.15) is 18.1 Å². The summed E-state index contributed by atoms with van der Waals surface area (Å²) in [6, 6.07) is 10.5. The molecular weight excluding hydrogens is 502 g/mol. The zero-order valence-electron chi connectivity index (χ0n) is 21.6. The largest absolute Gasteiger partial charge is 0.490 e. The van der Waals surface area contributed by atoms with E-state index < -0.39 is 12.0 Å². The van der Waals surface area contributed by atoms with Gasteiger partial charge >= 0.3 is 5.97 Å². The lowest BCUT2D eigenvalue weighted by atomic mass is 9.96. The van der Waals surface area contributed by atoms with Gasteiger partial charge in [-0.15, -0.1) is 0 Å². The van der Waals surface area contributed by atoms with E-state index in [1.54, 1.807) is 30.6 Å². The van der Waals surface area contributed by atoms with Gasteiger partial charge in [-0.1, -0.05) is 36.1 Å². The van der Waals surface area contributed by atoms with Gasteiger partial charge in [0, 0.05) is 25.2 Å². The van der Waals surface area contributed by atoms with Crippen LogP contribution >= 0.6 is 11.3 Å². The number of ether oxygens (including phenoxy) is 2. The van der Waals surface area contributed by atoms with Crippen molar-refractivity contribution in [2.45, 2.75) is 39.2 Å². The Morgan fingerprint density at radius 2 is 1.95 bits per heavy atom. The maximum absolute atomic E-state index is 13.8. The van der Waals surface area contributed by atoms with Gasteiger partial charge in [-0.25, -0.2) is 9.79 Å². The van der Waals surface area contributed by atoms with Crippen LogP contribution in [0.4, 0.5) is 5.88 Å². The van der Waals surface area contributed by atoms with Gasteiger partial charge in [-0.05, 0) is 56.9 Å². The summed E-state index contributed by atoms with van der Waals surface area (Å²) in [5, 5.41) is 0. The average molecular weight is 534 g/mol. The molecular formula is C29H31N3O5S. The minimum absolute atomic E-state index is 0.221. The Hall–Kier alpha value is -3.85. The number of benzene rings is 1. The van der Waals surface area contributed by atoms with Crippen LogP contribution in [0.1, 0.15) is 50.5 Å². The van der Waals surface area contributed by atoms with Crippen molar-refractivity contribution in [2.24, 2.45) is 4.99 Å². The summed E-state index contributed by atoms with van der Waals surface area (Å²) in [7, 11) is 0. The SMILES string of the molecule is C=CCOc1ccc(C2C(C(=O)OCC)=C(C)N=c3sc(=Cc4ccc(N5CCCCC5)o4)c(=O)n32)cc1. The second-order valence-corrected chi connectivity index (χ2v) is 10.2. The van der Waals surface area contributed by atoms with Crippen LogP contribution in [-0.4, -0.2) is 36.8 Å². The molecule has 0 aliphatic carbocycles. The molecule has 2 aliphatic heterocycles. The number of carbonyl (C=O) groups excluding carboxylic acids is 1. The normalized spacial score (nSPS) is 17.7. The first-order valence-electron chi connectivity index (χ1n) is 12.9. The van der Waals surface area contributed by atoms with Gasteiger partial charge in [0.05, 0.1) is 28.5 Å². The second-order valence-electron chi connectivity index (χ2n) is 9.19. The molecule has 4 heterocycles. The Balaban J connectivity index is 1.57. The Bertz CT molecular complexity index is 1540. The van der Waals surface area contributed by atoms with Crippen molar-refractivity contribution in [1.82, 2.24) is 4.57 Å². The highest BCUT2D eigenvalue weighted by Gasteiger charge is 2.33. The van der Waals surface area contributed by atoms with Crippen LogP contribution in [0.2, 0.25) is 0 Å². The molecule has 198 valence electrons. The molecule has 0 spiro atoms. The standard InChI is InChI=1S/C29H31N3O5S/c1-4-17-36-21-11-9-20(10-12-21)26-25(28(34)35-5-2)19(3)30-29-32(26)27(33)23(38-29)18-22-13-14-24(37-22)31-15-7-6-8-16-31/h4,9-14,18,26H,1,5-8,15-17H2,2-3H3. The van der Waals surface area contributed by atoms with Gasteiger partial charge in [0.15, 0.2) is 10.7 Å². The number of esters is 1. The molecule has 0 radical (unpaired) electrons. The Morgan fingerprint density at radius 1 is 1.18 bits per heavy atom. The monoisotopic (exact) mass is 533 g/mol. The highest BCUT2D eigenvalue weighted by Crippen LogP contribution is 2.31. The number of fused-ring (bicyclic) bond motifs is 1. The Morgan fingerprint density at radius 3 is 2.66 bits per heavy atom. The Labute approximate surface area is 224 Å². The van der Waals surface area contributed by atoms with E-state index in [1.807, 2.05) is 36.4 Å². The molecule has 1 fully saturated rings. The zero-order valence-corrected chi connectivity index (χ0v) is 22.5. The summed E-state index contributed by atoms with van der Waals surface area (Å²) in [6.07, 6.45) is 6.97. The first-order chi connectivity index (χ1) is 18.5. The molecule has 1 aromatic carbocycles. The van der Waals surface area contributed by atoms with Gasteiger partial charge in [0.2, 0.25) is 0 Å². The third-order valence-corrected chi connectivity index (χ3v) is 7.62. The van der Waals surface area contributed by atoms with E-state index in [9.17, 15) is 9.59 Å². The number of hydrogen-bond donors (Lipinski definition) is 0. The number of anilines is 1. The first-order valence-corrected chi connectivity index (χ1v) is 13.7. The van der Waals surface area contributed by atoms with Gasteiger partial charge in [-0.2, -0.15) is 0 Å². The van der Waals surface area contributed by atoms with Crippen molar-refractivity contribution in [2.75, 3.05) is 31.2 Å². The van der Waals surface area contributed by atoms with E-state index in [4.69, 9.17) is 13.9 Å². The zero-order chi connectivity index (χ0) is 26.6. The fraction of sp³-hybridized carbons (Fsp3) is 0.345. The minimum Gasteiger partial charge on any atom is -0.490 e. The third-order valence-electron chi connectivity index (χ3n) is 6.63. The fourth-order valence-electron chi connectivity index (χ4n) is 4.84. The first kappa shape index (κ1) is 25.8. The van der Waals surface area contributed by atoms with Crippen LogP contribution in [-0.2, 0) is 9.53 Å². The predicted molar refractivity (Wildman–Crippen MR) is 147 cm³/mol. The van der Waals surface area contributed by atoms with Crippen molar-refractivity contribution in [3.63, 3.8) is 0 Å². The molecule has 8 nitrogen and oxygen atoms in total. The summed E-state index contributed by atoms with van der Waals surface area (Å²) in [4.78, 5) is 34.2. The van der Waals surface area contributed by atoms with Crippen LogP contribution in [0.15, 0.2) is 74.5 Å². The quantitative estimate of drug-likeness (QED) is 0.322. The number of thiazole rings is 1. The van der Waals surface area contributed by atoms with E-state index in [0.29, 0.717) is 38.7 Å². The number of allylic oxidation sites excluding steroid dienone is 1. The van der Waals surface area contributed by atoms with Crippen LogP contribution in [0, 0.1) is 0 Å². The van der Waals surface area contributed by atoms with Crippen molar-refractivity contribution in [3.05, 3.63) is 91.3 Å². The molecule has 9 heteroatoms. The number of hydrogen-bond acceptors (Lipinski definition) is 8. The molecule has 38 heavy (non-hydrogen) atoms. The fourth-order valence-corrected chi connectivity index (χ4v) is 5.87. The van der Waals surface area contributed by atoms with E-state index in [2.05, 4.69) is 16.5 Å². The molecule has 3 aromatic rings.